The van der Waals surface area contributed by atoms with E-state index >= 15 is 0 Å². The maximum atomic E-state index is 12.3. The van der Waals surface area contributed by atoms with Crippen LogP contribution in [0.2, 0.25) is 5.02 Å². The van der Waals surface area contributed by atoms with Crippen molar-refractivity contribution in [1.29, 1.82) is 0 Å². The smallest absolute Gasteiger partial charge is 0.332 e. The third-order valence-corrected chi connectivity index (χ3v) is 4.44. The van der Waals surface area contributed by atoms with Crippen molar-refractivity contribution in [2.45, 2.75) is 13.5 Å². The first kappa shape index (κ1) is 16.0. The quantitative estimate of drug-likeness (QED) is 0.478. The lowest BCUT2D eigenvalue weighted by Crippen LogP contribution is -2.27. The highest BCUT2D eigenvalue weighted by Crippen LogP contribution is 2.33. The van der Waals surface area contributed by atoms with Crippen molar-refractivity contribution in [3.63, 3.8) is 0 Å². The Balaban J connectivity index is 2.16. The van der Waals surface area contributed by atoms with Crippen LogP contribution in [0.4, 0.5) is 0 Å². The molecule has 1 aromatic carbocycles. The summed E-state index contributed by atoms with van der Waals surface area (Å²) < 4.78 is 5.19. The Kier molecular flexibility index (Phi) is 5.39. The number of halogens is 1. The Morgan fingerprint density at radius 1 is 1.48 bits per heavy atom. The highest BCUT2D eigenvalue weighted by atomic mass is 35.5. The molecule has 1 aliphatic rings. The minimum atomic E-state index is -0.546. The molecular formula is C14H12ClNO3S2. The first-order valence-corrected chi connectivity index (χ1v) is 7.78. The zero-order chi connectivity index (χ0) is 15.4. The van der Waals surface area contributed by atoms with Crippen LogP contribution in [0.3, 0.4) is 0 Å². The lowest BCUT2D eigenvalue weighted by atomic mass is 10.2. The van der Waals surface area contributed by atoms with E-state index < -0.39 is 5.97 Å². The third kappa shape index (κ3) is 3.84. The minimum absolute atomic E-state index is 0.259. The minimum Gasteiger partial charge on any atom is -0.463 e. The molecule has 0 N–H and O–H groups in total. The molecule has 1 aliphatic heterocycles. The van der Waals surface area contributed by atoms with E-state index in [1.807, 2.05) is 18.2 Å². The van der Waals surface area contributed by atoms with Crippen molar-refractivity contribution in [3.8, 4) is 0 Å². The maximum Gasteiger partial charge on any atom is 0.332 e. The normalized spacial score (nSPS) is 16.7. The van der Waals surface area contributed by atoms with Gasteiger partial charge in [-0.3, -0.25) is 9.69 Å². The number of benzene rings is 1. The summed E-state index contributed by atoms with van der Waals surface area (Å²) in [5.41, 5.74) is 0.799. The summed E-state index contributed by atoms with van der Waals surface area (Å²) in [6, 6.07) is 7.24. The molecule has 7 heteroatoms. The molecule has 1 aromatic rings. The zero-order valence-electron chi connectivity index (χ0n) is 11.2. The Morgan fingerprint density at radius 2 is 2.19 bits per heavy atom. The molecule has 1 saturated heterocycles. The van der Waals surface area contributed by atoms with Crippen LogP contribution in [-0.4, -0.2) is 27.7 Å². The number of rotatable bonds is 4. The molecule has 0 saturated carbocycles. The van der Waals surface area contributed by atoms with Crippen molar-refractivity contribution in [1.82, 2.24) is 4.90 Å². The number of ether oxygens (including phenoxy) is 1. The molecule has 0 unspecified atom stereocenters. The molecule has 4 nitrogen and oxygen atoms in total. The summed E-state index contributed by atoms with van der Waals surface area (Å²) >= 11 is 12.4. The molecule has 0 radical (unpaired) electrons. The van der Waals surface area contributed by atoms with E-state index in [-0.39, 0.29) is 24.0 Å². The highest BCUT2D eigenvalue weighted by Gasteiger charge is 2.33. The maximum absolute atomic E-state index is 12.3. The summed E-state index contributed by atoms with van der Waals surface area (Å²) in [6.45, 7) is 2.24. The predicted octanol–water partition coefficient (Wildman–Crippen LogP) is 3.15. The fourth-order valence-electron chi connectivity index (χ4n) is 1.72. The van der Waals surface area contributed by atoms with Crippen LogP contribution in [0.1, 0.15) is 12.5 Å². The molecule has 1 heterocycles. The van der Waals surface area contributed by atoms with Crippen LogP contribution in [0.5, 0.6) is 0 Å². The largest absolute Gasteiger partial charge is 0.463 e. The monoisotopic (exact) mass is 341 g/mol. The molecule has 2 rings (SSSR count). The topological polar surface area (TPSA) is 46.6 Å². The molecule has 0 atom stereocenters. The molecule has 0 bridgehead atoms. The molecule has 0 aromatic heterocycles. The van der Waals surface area contributed by atoms with E-state index in [9.17, 15) is 9.59 Å². The lowest BCUT2D eigenvalue weighted by molar-refractivity contribution is -0.137. The number of carbonyl (C=O) groups is 2. The number of esters is 1. The van der Waals surface area contributed by atoms with Crippen LogP contribution >= 0.6 is 35.6 Å². The molecule has 0 spiro atoms. The van der Waals surface area contributed by atoms with Crippen molar-refractivity contribution >= 4 is 51.8 Å². The van der Waals surface area contributed by atoms with Crippen LogP contribution in [0.15, 0.2) is 35.2 Å². The van der Waals surface area contributed by atoms with E-state index in [4.69, 9.17) is 28.6 Å². The van der Waals surface area contributed by atoms with Gasteiger partial charge < -0.3 is 4.74 Å². The molecule has 110 valence electrons. The van der Waals surface area contributed by atoms with Gasteiger partial charge in [0.05, 0.1) is 18.1 Å². The molecule has 0 aliphatic carbocycles. The molecule has 1 fully saturated rings. The van der Waals surface area contributed by atoms with Crippen LogP contribution < -0.4 is 0 Å². The molecule has 1 amide bonds. The van der Waals surface area contributed by atoms with Crippen LogP contribution in [-0.2, 0) is 20.9 Å². The zero-order valence-corrected chi connectivity index (χ0v) is 13.6. The summed E-state index contributed by atoms with van der Waals surface area (Å²) in [4.78, 5) is 25.4. The van der Waals surface area contributed by atoms with E-state index in [2.05, 4.69) is 0 Å². The van der Waals surface area contributed by atoms with Crippen molar-refractivity contribution in [3.05, 3.63) is 45.8 Å². The van der Waals surface area contributed by atoms with E-state index in [0.29, 0.717) is 9.34 Å². The number of hydrogen-bond donors (Lipinski definition) is 0. The summed E-state index contributed by atoms with van der Waals surface area (Å²) in [5.74, 6) is -0.853. The number of thioether (sulfide) groups is 1. The van der Waals surface area contributed by atoms with Gasteiger partial charge in [0.25, 0.3) is 5.91 Å². The Bertz CT molecular complexity index is 630. The Hall–Kier alpha value is -1.37. The second kappa shape index (κ2) is 7.06. The van der Waals surface area contributed by atoms with Gasteiger partial charge in [-0.05, 0) is 18.6 Å². The van der Waals surface area contributed by atoms with Crippen LogP contribution in [0.25, 0.3) is 0 Å². The second-order valence-electron chi connectivity index (χ2n) is 4.11. The van der Waals surface area contributed by atoms with Gasteiger partial charge in [-0.25, -0.2) is 4.79 Å². The summed E-state index contributed by atoms with van der Waals surface area (Å²) in [5, 5.41) is 0.570. The third-order valence-electron chi connectivity index (χ3n) is 2.70. The van der Waals surface area contributed by atoms with Gasteiger partial charge in [0.1, 0.15) is 4.32 Å². The van der Waals surface area contributed by atoms with Gasteiger partial charge in [0.15, 0.2) is 0 Å². The van der Waals surface area contributed by atoms with Crippen molar-refractivity contribution in [2.75, 3.05) is 6.61 Å². The number of hydrogen-bond acceptors (Lipinski definition) is 5. The van der Waals surface area contributed by atoms with Crippen molar-refractivity contribution in [2.24, 2.45) is 0 Å². The number of nitrogens with zero attached hydrogens (tertiary/aromatic N) is 1. The van der Waals surface area contributed by atoms with E-state index in [0.717, 1.165) is 17.3 Å². The van der Waals surface area contributed by atoms with Gasteiger partial charge in [-0.1, -0.05) is 53.8 Å². The Labute approximate surface area is 137 Å². The SMILES string of the molecule is CCOC(=O)/C=C1\SC(=S)N(Cc2ccccc2Cl)C1=O. The van der Waals surface area contributed by atoms with Gasteiger partial charge in [0, 0.05) is 11.1 Å². The van der Waals surface area contributed by atoms with Gasteiger partial charge in [-0.15, -0.1) is 0 Å². The summed E-state index contributed by atoms with van der Waals surface area (Å²) in [6.07, 6.45) is 1.18. The Morgan fingerprint density at radius 3 is 2.86 bits per heavy atom. The highest BCUT2D eigenvalue weighted by molar-refractivity contribution is 8.26. The van der Waals surface area contributed by atoms with Gasteiger partial charge in [-0.2, -0.15) is 0 Å². The van der Waals surface area contributed by atoms with Gasteiger partial charge >= 0.3 is 5.97 Å². The fraction of sp³-hybridized carbons (Fsp3) is 0.214. The first-order valence-electron chi connectivity index (χ1n) is 6.18. The number of carbonyl (C=O) groups excluding carboxylic acids is 2. The second-order valence-corrected chi connectivity index (χ2v) is 6.19. The van der Waals surface area contributed by atoms with E-state index in [1.165, 1.54) is 11.0 Å². The average Bonchev–Trinajstić information content (AvgIpc) is 2.69. The number of amides is 1. The molecular weight excluding hydrogens is 330 g/mol. The standard InChI is InChI=1S/C14H12ClNO3S2/c1-2-19-12(17)7-11-13(18)16(14(20)21-11)8-9-5-3-4-6-10(9)15/h3-7H,2,8H2,1H3/b11-7-. The fourth-order valence-corrected chi connectivity index (χ4v) is 3.13. The lowest BCUT2D eigenvalue weighted by Gasteiger charge is -2.15. The predicted molar refractivity (Wildman–Crippen MR) is 86.9 cm³/mol. The van der Waals surface area contributed by atoms with Gasteiger partial charge in [0.2, 0.25) is 0 Å². The first-order chi connectivity index (χ1) is 10.0. The molecule has 21 heavy (non-hydrogen) atoms. The van der Waals surface area contributed by atoms with Crippen LogP contribution in [0, 0.1) is 0 Å². The van der Waals surface area contributed by atoms with E-state index in [1.54, 1.807) is 13.0 Å². The number of thiocarbonyl (C=S) groups is 1. The summed E-state index contributed by atoms with van der Waals surface area (Å²) in [7, 11) is 0. The average molecular weight is 342 g/mol. The van der Waals surface area contributed by atoms with Crippen molar-refractivity contribution < 1.29 is 14.3 Å².